The predicted molar refractivity (Wildman–Crippen MR) is 110 cm³/mol. The van der Waals surface area contributed by atoms with Crippen LogP contribution in [0.1, 0.15) is 25.3 Å². The number of nitrogens with one attached hydrogen (secondary N) is 2. The molecule has 6 nitrogen and oxygen atoms in total. The molecule has 0 aliphatic carbocycles. The van der Waals surface area contributed by atoms with E-state index in [9.17, 15) is 0 Å². The van der Waals surface area contributed by atoms with Crippen molar-refractivity contribution in [1.82, 2.24) is 15.6 Å². The molecule has 0 spiro atoms. The van der Waals surface area contributed by atoms with Gasteiger partial charge in [0, 0.05) is 19.3 Å². The van der Waals surface area contributed by atoms with E-state index in [0.717, 1.165) is 49.8 Å². The number of hydrogen-bond donors (Lipinski definition) is 2. The van der Waals surface area contributed by atoms with Crippen LogP contribution in [0.3, 0.4) is 0 Å². The fourth-order valence-electron chi connectivity index (χ4n) is 2.54. The number of guanidine groups is 1. The van der Waals surface area contributed by atoms with Gasteiger partial charge in [0.1, 0.15) is 18.1 Å². The van der Waals surface area contributed by atoms with Crippen LogP contribution in [0.4, 0.5) is 0 Å². The van der Waals surface area contributed by atoms with E-state index in [4.69, 9.17) is 9.47 Å². The first-order valence-corrected chi connectivity index (χ1v) is 9.49. The number of hydrogen-bond acceptors (Lipinski definition) is 4. The van der Waals surface area contributed by atoms with E-state index in [1.165, 1.54) is 5.56 Å². The van der Waals surface area contributed by atoms with Crippen LogP contribution < -0.4 is 20.1 Å². The van der Waals surface area contributed by atoms with Gasteiger partial charge >= 0.3 is 0 Å². The molecule has 2 aromatic rings. The molecule has 0 radical (unpaired) electrons. The van der Waals surface area contributed by atoms with E-state index in [0.29, 0.717) is 13.2 Å². The van der Waals surface area contributed by atoms with Gasteiger partial charge in [0.25, 0.3) is 0 Å². The van der Waals surface area contributed by atoms with Gasteiger partial charge in [0.2, 0.25) is 0 Å². The molecule has 2 N–H and O–H groups in total. The van der Waals surface area contributed by atoms with Gasteiger partial charge in [-0.1, -0.05) is 12.1 Å². The number of aliphatic imine (C=N–C) groups is 1. The van der Waals surface area contributed by atoms with Gasteiger partial charge in [0.15, 0.2) is 5.96 Å². The van der Waals surface area contributed by atoms with Gasteiger partial charge in [0.05, 0.1) is 19.9 Å². The molecule has 0 saturated carbocycles. The van der Waals surface area contributed by atoms with Crippen molar-refractivity contribution >= 4 is 5.96 Å². The van der Waals surface area contributed by atoms with Gasteiger partial charge in [-0.25, -0.2) is 0 Å². The number of aromatic nitrogens is 1. The van der Waals surface area contributed by atoms with Gasteiger partial charge in [-0.3, -0.25) is 9.98 Å². The molecule has 1 heterocycles. The number of aryl methyl sites for hydroxylation is 1. The van der Waals surface area contributed by atoms with E-state index in [1.807, 2.05) is 24.3 Å². The lowest BCUT2D eigenvalue weighted by Gasteiger charge is -2.12. The Hall–Kier alpha value is -2.76. The van der Waals surface area contributed by atoms with E-state index >= 15 is 0 Å². The predicted octanol–water partition coefficient (Wildman–Crippen LogP) is 3.05. The highest BCUT2D eigenvalue weighted by atomic mass is 16.5. The van der Waals surface area contributed by atoms with Crippen molar-refractivity contribution in [3.8, 4) is 11.5 Å². The zero-order chi connectivity index (χ0) is 19.2. The van der Waals surface area contributed by atoms with Crippen molar-refractivity contribution in [3.63, 3.8) is 0 Å². The van der Waals surface area contributed by atoms with Crippen LogP contribution in [0.2, 0.25) is 0 Å². The Morgan fingerprint density at radius 3 is 2.63 bits per heavy atom. The minimum atomic E-state index is 0.563. The van der Waals surface area contributed by atoms with E-state index < -0.39 is 0 Å². The Bertz CT molecular complexity index is 660. The average Bonchev–Trinajstić information content (AvgIpc) is 2.72. The summed E-state index contributed by atoms with van der Waals surface area (Å²) in [4.78, 5) is 8.65. The molecular weight excluding hydrogens is 340 g/mol. The topological polar surface area (TPSA) is 67.8 Å². The zero-order valence-electron chi connectivity index (χ0n) is 16.3. The minimum absolute atomic E-state index is 0.563. The summed E-state index contributed by atoms with van der Waals surface area (Å²) in [6.45, 7) is 4.95. The molecule has 0 amide bonds. The summed E-state index contributed by atoms with van der Waals surface area (Å²) in [5.74, 6) is 2.51. The lowest BCUT2D eigenvalue weighted by atomic mass is 10.1. The Kier molecular flexibility index (Phi) is 9.57. The second kappa shape index (κ2) is 12.6. The first-order valence-electron chi connectivity index (χ1n) is 9.49. The molecule has 6 heteroatoms. The largest absolute Gasteiger partial charge is 0.497 e. The van der Waals surface area contributed by atoms with Gasteiger partial charge in [-0.2, -0.15) is 0 Å². The van der Waals surface area contributed by atoms with Crippen LogP contribution in [0.25, 0.3) is 0 Å². The summed E-state index contributed by atoms with van der Waals surface area (Å²) in [5.41, 5.74) is 1.33. The number of nitrogens with zero attached hydrogens (tertiary/aromatic N) is 2. The van der Waals surface area contributed by atoms with Crippen LogP contribution in [0.15, 0.2) is 53.8 Å². The van der Waals surface area contributed by atoms with Crippen molar-refractivity contribution in [3.05, 3.63) is 54.4 Å². The summed E-state index contributed by atoms with van der Waals surface area (Å²) in [7, 11) is 1.69. The molecule has 0 saturated heterocycles. The monoisotopic (exact) mass is 370 g/mol. The fourth-order valence-corrected chi connectivity index (χ4v) is 2.54. The number of unbranched alkanes of at least 4 members (excludes halogenated alkanes) is 1. The van der Waals surface area contributed by atoms with E-state index in [1.54, 1.807) is 19.5 Å². The maximum Gasteiger partial charge on any atom is 0.191 e. The van der Waals surface area contributed by atoms with Crippen molar-refractivity contribution < 1.29 is 9.47 Å². The molecule has 0 fully saturated rings. The summed E-state index contributed by atoms with van der Waals surface area (Å²) in [6.07, 6.45) is 6.66. The van der Waals surface area contributed by atoms with Crippen LogP contribution in [-0.2, 0) is 6.42 Å². The number of benzene rings is 1. The second-order valence-electron chi connectivity index (χ2n) is 6.03. The molecule has 2 rings (SSSR count). The maximum absolute atomic E-state index is 5.63. The van der Waals surface area contributed by atoms with Crippen LogP contribution in [0, 0.1) is 0 Å². The number of pyridine rings is 1. The number of ether oxygens (including phenoxy) is 2. The molecular formula is C21H30N4O2. The molecule has 0 atom stereocenters. The standard InChI is InChI=1S/C21H30N4O2/c1-3-23-21(25-15-16-27-20-8-6-13-22-17-20)24-14-5-4-7-18-9-11-19(26-2)12-10-18/h6,8-13,17H,3-5,7,14-16H2,1-2H3,(H2,23,24,25). The van der Waals surface area contributed by atoms with Crippen molar-refractivity contribution in [2.24, 2.45) is 4.99 Å². The fraction of sp³-hybridized carbons (Fsp3) is 0.429. The smallest absolute Gasteiger partial charge is 0.191 e. The Balaban J connectivity index is 1.63. The Labute approximate surface area is 162 Å². The quantitative estimate of drug-likeness (QED) is 0.361. The highest BCUT2D eigenvalue weighted by Crippen LogP contribution is 2.13. The van der Waals surface area contributed by atoms with Crippen LogP contribution >= 0.6 is 0 Å². The van der Waals surface area contributed by atoms with Crippen molar-refractivity contribution in [2.75, 3.05) is 33.4 Å². The third kappa shape index (κ3) is 8.44. The normalized spacial score (nSPS) is 11.1. The molecule has 1 aromatic heterocycles. The van der Waals surface area contributed by atoms with E-state index in [-0.39, 0.29) is 0 Å². The third-order valence-corrected chi connectivity index (χ3v) is 3.94. The van der Waals surface area contributed by atoms with Crippen molar-refractivity contribution in [1.29, 1.82) is 0 Å². The van der Waals surface area contributed by atoms with Gasteiger partial charge < -0.3 is 20.1 Å². The third-order valence-electron chi connectivity index (χ3n) is 3.94. The number of rotatable bonds is 11. The molecule has 0 bridgehead atoms. The molecule has 27 heavy (non-hydrogen) atoms. The lowest BCUT2D eigenvalue weighted by molar-refractivity contribution is 0.320. The minimum Gasteiger partial charge on any atom is -0.497 e. The molecule has 146 valence electrons. The van der Waals surface area contributed by atoms with Gasteiger partial charge in [-0.15, -0.1) is 0 Å². The average molecular weight is 370 g/mol. The molecule has 0 unspecified atom stereocenters. The highest BCUT2D eigenvalue weighted by molar-refractivity contribution is 5.79. The zero-order valence-corrected chi connectivity index (χ0v) is 16.3. The first kappa shape index (κ1) is 20.6. The second-order valence-corrected chi connectivity index (χ2v) is 6.03. The maximum atomic E-state index is 5.63. The van der Waals surface area contributed by atoms with Crippen LogP contribution in [-0.4, -0.2) is 44.3 Å². The van der Waals surface area contributed by atoms with Gasteiger partial charge in [-0.05, 0) is 56.0 Å². The lowest BCUT2D eigenvalue weighted by Crippen LogP contribution is -2.39. The Morgan fingerprint density at radius 2 is 1.93 bits per heavy atom. The van der Waals surface area contributed by atoms with Crippen LogP contribution in [0.5, 0.6) is 11.5 Å². The SMILES string of the molecule is CCNC(=NCCCCc1ccc(OC)cc1)NCCOc1cccnc1. The molecule has 0 aliphatic heterocycles. The summed E-state index contributed by atoms with van der Waals surface area (Å²) in [6, 6.07) is 12.0. The Morgan fingerprint density at radius 1 is 1.07 bits per heavy atom. The first-order chi connectivity index (χ1) is 13.3. The summed E-state index contributed by atoms with van der Waals surface area (Å²) < 4.78 is 10.8. The van der Waals surface area contributed by atoms with E-state index in [2.05, 4.69) is 39.7 Å². The molecule has 0 aliphatic rings. The highest BCUT2D eigenvalue weighted by Gasteiger charge is 1.99. The summed E-state index contributed by atoms with van der Waals surface area (Å²) >= 11 is 0. The number of methoxy groups -OCH3 is 1. The molecule has 1 aromatic carbocycles. The summed E-state index contributed by atoms with van der Waals surface area (Å²) in [5, 5.41) is 6.55. The van der Waals surface area contributed by atoms with Crippen molar-refractivity contribution in [2.45, 2.75) is 26.2 Å².